The molecule has 0 aliphatic carbocycles. The number of aromatic nitrogens is 1. The zero-order valence-corrected chi connectivity index (χ0v) is 10.6. The van der Waals surface area contributed by atoms with E-state index in [1.807, 2.05) is 17.0 Å². The van der Waals surface area contributed by atoms with Crippen molar-refractivity contribution in [3.63, 3.8) is 0 Å². The highest BCUT2D eigenvalue weighted by Crippen LogP contribution is 2.18. The highest BCUT2D eigenvalue weighted by molar-refractivity contribution is 5.80. The van der Waals surface area contributed by atoms with Crippen LogP contribution < -0.4 is 0 Å². The molecule has 0 atom stereocenters. The predicted octanol–water partition coefficient (Wildman–Crippen LogP) is 1.45. The van der Waals surface area contributed by atoms with Gasteiger partial charge in [-0.05, 0) is 37.5 Å². The summed E-state index contributed by atoms with van der Waals surface area (Å²) in [6.45, 7) is 3.04. The summed E-state index contributed by atoms with van der Waals surface area (Å²) in [5.41, 5.74) is 0.990. The van der Waals surface area contributed by atoms with Gasteiger partial charge in [0.05, 0.1) is 6.42 Å². The first-order valence-electron chi connectivity index (χ1n) is 6.34. The molecular formula is C14H18N2O2. The molecule has 1 aliphatic heterocycles. The van der Waals surface area contributed by atoms with E-state index >= 15 is 0 Å². The lowest BCUT2D eigenvalue weighted by atomic mass is 9.93. The number of ketones is 1. The molecule has 0 bridgehead atoms. The monoisotopic (exact) mass is 246 g/mol. The van der Waals surface area contributed by atoms with Crippen LogP contribution in [-0.4, -0.2) is 34.7 Å². The van der Waals surface area contributed by atoms with E-state index in [0.29, 0.717) is 19.5 Å². The van der Waals surface area contributed by atoms with Gasteiger partial charge in [-0.15, -0.1) is 0 Å². The number of amides is 1. The minimum atomic E-state index is 0.142. The number of likely N-dealkylation sites (tertiary alicyclic amines) is 1. The van der Waals surface area contributed by atoms with Crippen LogP contribution >= 0.6 is 0 Å². The summed E-state index contributed by atoms with van der Waals surface area (Å²) in [4.78, 5) is 29.1. The molecule has 2 rings (SSSR count). The number of Topliss-reactive ketones (excluding diaryl/α,β-unsaturated/α-hetero) is 1. The molecular weight excluding hydrogens is 228 g/mol. The summed E-state index contributed by atoms with van der Waals surface area (Å²) in [5, 5.41) is 0. The van der Waals surface area contributed by atoms with Crippen LogP contribution in [0.5, 0.6) is 0 Å². The van der Waals surface area contributed by atoms with Crippen LogP contribution in [0.2, 0.25) is 0 Å². The average molecular weight is 246 g/mol. The van der Waals surface area contributed by atoms with Crippen molar-refractivity contribution in [2.24, 2.45) is 5.92 Å². The largest absolute Gasteiger partial charge is 0.342 e. The highest BCUT2D eigenvalue weighted by atomic mass is 16.2. The summed E-state index contributed by atoms with van der Waals surface area (Å²) >= 11 is 0. The lowest BCUT2D eigenvalue weighted by Crippen LogP contribution is -2.40. The van der Waals surface area contributed by atoms with Gasteiger partial charge in [0, 0.05) is 31.4 Å². The Labute approximate surface area is 107 Å². The van der Waals surface area contributed by atoms with Crippen LogP contribution in [0.1, 0.15) is 25.3 Å². The van der Waals surface area contributed by atoms with Crippen LogP contribution in [0.25, 0.3) is 0 Å². The van der Waals surface area contributed by atoms with Crippen molar-refractivity contribution in [2.45, 2.75) is 26.2 Å². The zero-order valence-electron chi connectivity index (χ0n) is 10.6. The van der Waals surface area contributed by atoms with Crippen molar-refractivity contribution in [2.75, 3.05) is 13.1 Å². The van der Waals surface area contributed by atoms with Gasteiger partial charge >= 0.3 is 0 Å². The van der Waals surface area contributed by atoms with Crippen LogP contribution in [0.4, 0.5) is 0 Å². The van der Waals surface area contributed by atoms with Crippen molar-refractivity contribution < 1.29 is 9.59 Å². The Hall–Kier alpha value is -1.71. The Kier molecular flexibility index (Phi) is 4.07. The number of carbonyl (C=O) groups is 2. The summed E-state index contributed by atoms with van der Waals surface area (Å²) in [6, 6.07) is 3.72. The zero-order chi connectivity index (χ0) is 13.0. The van der Waals surface area contributed by atoms with E-state index in [1.165, 1.54) is 0 Å². The number of hydrogen-bond donors (Lipinski definition) is 0. The molecule has 18 heavy (non-hydrogen) atoms. The highest BCUT2D eigenvalue weighted by Gasteiger charge is 2.24. The smallest absolute Gasteiger partial charge is 0.226 e. The third kappa shape index (κ3) is 3.15. The van der Waals surface area contributed by atoms with Crippen molar-refractivity contribution >= 4 is 11.7 Å². The minimum Gasteiger partial charge on any atom is -0.342 e. The Morgan fingerprint density at radius 3 is 2.44 bits per heavy atom. The third-order valence-corrected chi connectivity index (χ3v) is 3.53. The molecule has 96 valence electrons. The maximum Gasteiger partial charge on any atom is 0.226 e. The van der Waals surface area contributed by atoms with Crippen molar-refractivity contribution in [1.29, 1.82) is 0 Å². The minimum absolute atomic E-state index is 0.142. The van der Waals surface area contributed by atoms with Gasteiger partial charge < -0.3 is 4.90 Å². The van der Waals surface area contributed by atoms with Gasteiger partial charge in [-0.1, -0.05) is 0 Å². The Balaban J connectivity index is 1.86. The molecule has 1 saturated heterocycles. The fraction of sp³-hybridized carbons (Fsp3) is 0.500. The summed E-state index contributed by atoms with van der Waals surface area (Å²) in [7, 11) is 0. The SMILES string of the molecule is CC(=O)C1CCN(C(=O)Cc2ccncc2)CC1. The van der Waals surface area contributed by atoms with E-state index in [0.717, 1.165) is 18.4 Å². The van der Waals surface area contributed by atoms with Crippen molar-refractivity contribution in [3.05, 3.63) is 30.1 Å². The van der Waals surface area contributed by atoms with E-state index in [2.05, 4.69) is 4.98 Å². The van der Waals surface area contributed by atoms with Gasteiger partial charge in [-0.25, -0.2) is 0 Å². The number of piperidine rings is 1. The Morgan fingerprint density at radius 1 is 1.28 bits per heavy atom. The van der Waals surface area contributed by atoms with Gasteiger partial charge in [0.1, 0.15) is 5.78 Å². The fourth-order valence-electron chi connectivity index (χ4n) is 2.32. The molecule has 1 aliphatic rings. The second kappa shape index (κ2) is 5.76. The second-order valence-electron chi connectivity index (χ2n) is 4.80. The lowest BCUT2D eigenvalue weighted by Gasteiger charge is -2.31. The predicted molar refractivity (Wildman–Crippen MR) is 67.9 cm³/mol. The molecule has 0 spiro atoms. The van der Waals surface area contributed by atoms with Crippen LogP contribution in [0, 0.1) is 5.92 Å². The number of carbonyl (C=O) groups excluding carboxylic acids is 2. The molecule has 4 heteroatoms. The van der Waals surface area contributed by atoms with Gasteiger partial charge in [-0.3, -0.25) is 14.6 Å². The first-order chi connectivity index (χ1) is 8.66. The van der Waals surface area contributed by atoms with Gasteiger partial charge in [0.2, 0.25) is 5.91 Å². The number of rotatable bonds is 3. The lowest BCUT2D eigenvalue weighted by molar-refractivity contribution is -0.134. The molecule has 0 radical (unpaired) electrons. The maximum absolute atomic E-state index is 12.1. The molecule has 0 unspecified atom stereocenters. The molecule has 0 N–H and O–H groups in total. The van der Waals surface area contributed by atoms with Crippen LogP contribution in [0.15, 0.2) is 24.5 Å². The number of nitrogens with zero attached hydrogens (tertiary/aromatic N) is 2. The summed E-state index contributed by atoms with van der Waals surface area (Å²) in [5.74, 6) is 0.536. The second-order valence-corrected chi connectivity index (χ2v) is 4.80. The van der Waals surface area contributed by atoms with E-state index < -0.39 is 0 Å². The van der Waals surface area contributed by atoms with Gasteiger partial charge in [-0.2, -0.15) is 0 Å². The summed E-state index contributed by atoms with van der Waals surface area (Å²) < 4.78 is 0. The average Bonchev–Trinajstić information content (AvgIpc) is 2.40. The van der Waals surface area contributed by atoms with E-state index in [9.17, 15) is 9.59 Å². The van der Waals surface area contributed by atoms with E-state index in [1.54, 1.807) is 19.3 Å². The number of hydrogen-bond acceptors (Lipinski definition) is 3. The van der Waals surface area contributed by atoms with Crippen LogP contribution in [0.3, 0.4) is 0 Å². The van der Waals surface area contributed by atoms with E-state index in [4.69, 9.17) is 0 Å². The standard InChI is InChI=1S/C14H18N2O2/c1-11(17)13-4-8-16(9-5-13)14(18)10-12-2-6-15-7-3-12/h2-3,6-7,13H,4-5,8-10H2,1H3. The molecule has 0 saturated carbocycles. The fourth-order valence-corrected chi connectivity index (χ4v) is 2.32. The summed E-state index contributed by atoms with van der Waals surface area (Å²) in [6.07, 6.45) is 5.43. The molecule has 2 heterocycles. The van der Waals surface area contributed by atoms with Gasteiger partial charge in [0.15, 0.2) is 0 Å². The normalized spacial score (nSPS) is 16.6. The molecule has 1 aromatic rings. The van der Waals surface area contributed by atoms with Gasteiger partial charge in [0.25, 0.3) is 0 Å². The Morgan fingerprint density at radius 2 is 1.89 bits per heavy atom. The van der Waals surface area contributed by atoms with Crippen molar-refractivity contribution in [1.82, 2.24) is 9.88 Å². The molecule has 1 fully saturated rings. The Bertz CT molecular complexity index is 423. The maximum atomic E-state index is 12.1. The third-order valence-electron chi connectivity index (χ3n) is 3.53. The first kappa shape index (κ1) is 12.7. The van der Waals surface area contributed by atoms with Crippen LogP contribution in [-0.2, 0) is 16.0 Å². The molecule has 1 aromatic heterocycles. The number of pyridine rings is 1. The molecule has 1 amide bonds. The van der Waals surface area contributed by atoms with Crippen molar-refractivity contribution in [3.8, 4) is 0 Å². The van der Waals surface area contributed by atoms with E-state index in [-0.39, 0.29) is 17.6 Å². The topological polar surface area (TPSA) is 50.3 Å². The molecule has 0 aromatic carbocycles. The first-order valence-corrected chi connectivity index (χ1v) is 6.34. The molecule has 4 nitrogen and oxygen atoms in total. The quantitative estimate of drug-likeness (QED) is 0.811.